The number of likely N-dealkylation sites (N-methyl/N-ethyl adjacent to an activating group) is 1. The molecule has 2 nitrogen and oxygen atoms in total. The van der Waals surface area contributed by atoms with Crippen LogP contribution in [0.5, 0.6) is 0 Å². The van der Waals surface area contributed by atoms with Gasteiger partial charge >= 0.3 is 0 Å². The molecular formula is C15H24ClNO. The van der Waals surface area contributed by atoms with Crippen molar-refractivity contribution in [3.05, 3.63) is 34.9 Å². The summed E-state index contributed by atoms with van der Waals surface area (Å²) in [5.74, 6) is 0.487. The number of ether oxygens (including phenoxy) is 1. The van der Waals surface area contributed by atoms with Gasteiger partial charge in [-0.05, 0) is 50.4 Å². The van der Waals surface area contributed by atoms with E-state index < -0.39 is 0 Å². The average Bonchev–Trinajstić information content (AvgIpc) is 2.34. The number of halogens is 1. The summed E-state index contributed by atoms with van der Waals surface area (Å²) in [6.07, 6.45) is 1.34. The largest absolute Gasteiger partial charge is 0.379 e. The Morgan fingerprint density at radius 3 is 2.44 bits per heavy atom. The van der Waals surface area contributed by atoms with E-state index in [1.807, 2.05) is 12.1 Å². The minimum Gasteiger partial charge on any atom is -0.379 e. The molecule has 0 aliphatic carbocycles. The van der Waals surface area contributed by atoms with Crippen LogP contribution in [0.1, 0.15) is 38.7 Å². The van der Waals surface area contributed by atoms with Crippen molar-refractivity contribution in [1.29, 1.82) is 0 Å². The van der Waals surface area contributed by atoms with E-state index in [0.29, 0.717) is 12.0 Å². The molecule has 1 atom stereocenters. The van der Waals surface area contributed by atoms with Crippen molar-refractivity contribution in [3.63, 3.8) is 0 Å². The fourth-order valence-corrected chi connectivity index (χ4v) is 2.01. The molecule has 0 fully saturated rings. The molecule has 0 saturated carbocycles. The first-order valence-corrected chi connectivity index (χ1v) is 7.09. The molecule has 18 heavy (non-hydrogen) atoms. The zero-order chi connectivity index (χ0) is 13.4. The molecule has 1 aromatic rings. The summed E-state index contributed by atoms with van der Waals surface area (Å²) in [7, 11) is 0. The maximum absolute atomic E-state index is 5.93. The lowest BCUT2D eigenvalue weighted by Gasteiger charge is -2.18. The summed E-state index contributed by atoms with van der Waals surface area (Å²) < 4.78 is 5.64. The lowest BCUT2D eigenvalue weighted by atomic mass is 9.96. The molecule has 0 saturated heterocycles. The van der Waals surface area contributed by atoms with Gasteiger partial charge in [-0.1, -0.05) is 30.7 Å². The predicted octanol–water partition coefficient (Wildman–Crippen LogP) is 3.85. The average molecular weight is 270 g/mol. The maximum atomic E-state index is 5.93. The van der Waals surface area contributed by atoms with Gasteiger partial charge in [0.1, 0.15) is 0 Å². The van der Waals surface area contributed by atoms with Crippen molar-refractivity contribution in [1.82, 2.24) is 5.32 Å². The first kappa shape index (κ1) is 15.5. The minimum atomic E-state index is 0.301. The molecule has 1 unspecified atom stereocenters. The number of benzene rings is 1. The molecular weight excluding hydrogens is 246 g/mol. The highest BCUT2D eigenvalue weighted by Crippen LogP contribution is 2.21. The van der Waals surface area contributed by atoms with Gasteiger partial charge in [-0.25, -0.2) is 0 Å². The lowest BCUT2D eigenvalue weighted by Crippen LogP contribution is -2.22. The third kappa shape index (κ3) is 5.85. The molecule has 0 radical (unpaired) electrons. The van der Waals surface area contributed by atoms with E-state index in [1.54, 1.807) is 0 Å². The summed E-state index contributed by atoms with van der Waals surface area (Å²) in [4.78, 5) is 0. The fraction of sp³-hybridized carbons (Fsp3) is 0.600. The van der Waals surface area contributed by atoms with E-state index in [2.05, 4.69) is 38.2 Å². The molecule has 0 bridgehead atoms. The highest BCUT2D eigenvalue weighted by molar-refractivity contribution is 6.30. The Bertz CT molecular complexity index is 324. The highest BCUT2D eigenvalue weighted by Gasteiger charge is 2.11. The SMILES string of the molecule is CCNCC(CCOC(C)C)c1ccc(Cl)cc1. The molecule has 0 spiro atoms. The van der Waals surface area contributed by atoms with Gasteiger partial charge in [0.05, 0.1) is 6.10 Å². The van der Waals surface area contributed by atoms with Crippen molar-refractivity contribution in [2.24, 2.45) is 0 Å². The molecule has 1 rings (SSSR count). The van der Waals surface area contributed by atoms with E-state index >= 15 is 0 Å². The second-order valence-corrected chi connectivity index (χ2v) is 5.20. The van der Waals surface area contributed by atoms with E-state index in [-0.39, 0.29) is 0 Å². The normalized spacial score (nSPS) is 12.9. The molecule has 1 N–H and O–H groups in total. The van der Waals surface area contributed by atoms with Crippen LogP contribution in [0.25, 0.3) is 0 Å². The van der Waals surface area contributed by atoms with Gasteiger partial charge in [-0.2, -0.15) is 0 Å². The second kappa shape index (κ2) is 8.52. The third-order valence-corrected chi connectivity index (χ3v) is 3.15. The first-order chi connectivity index (χ1) is 8.63. The van der Waals surface area contributed by atoms with Crippen LogP contribution in [-0.2, 0) is 4.74 Å². The Morgan fingerprint density at radius 2 is 1.89 bits per heavy atom. The summed E-state index contributed by atoms with van der Waals surface area (Å²) >= 11 is 5.93. The maximum Gasteiger partial charge on any atom is 0.0518 e. The highest BCUT2D eigenvalue weighted by atomic mass is 35.5. The lowest BCUT2D eigenvalue weighted by molar-refractivity contribution is 0.0733. The number of hydrogen-bond acceptors (Lipinski definition) is 2. The molecule has 3 heteroatoms. The molecule has 102 valence electrons. The van der Waals surface area contributed by atoms with E-state index in [1.165, 1.54) is 5.56 Å². The monoisotopic (exact) mass is 269 g/mol. The van der Waals surface area contributed by atoms with Crippen LogP contribution >= 0.6 is 11.6 Å². The van der Waals surface area contributed by atoms with Gasteiger partial charge in [0, 0.05) is 18.2 Å². The predicted molar refractivity (Wildman–Crippen MR) is 78.4 cm³/mol. The Balaban J connectivity index is 2.56. The zero-order valence-corrected chi connectivity index (χ0v) is 12.3. The second-order valence-electron chi connectivity index (χ2n) is 4.76. The van der Waals surface area contributed by atoms with Crippen molar-refractivity contribution < 1.29 is 4.74 Å². The first-order valence-electron chi connectivity index (χ1n) is 6.71. The zero-order valence-electron chi connectivity index (χ0n) is 11.6. The molecule has 0 amide bonds. The summed E-state index contributed by atoms with van der Waals surface area (Å²) in [5, 5.41) is 4.20. The molecule has 0 aromatic heterocycles. The van der Waals surface area contributed by atoms with Crippen LogP contribution < -0.4 is 5.32 Å². The van der Waals surface area contributed by atoms with E-state index in [0.717, 1.165) is 31.1 Å². The van der Waals surface area contributed by atoms with Gasteiger partial charge < -0.3 is 10.1 Å². The fourth-order valence-electron chi connectivity index (χ4n) is 1.89. The quantitative estimate of drug-likeness (QED) is 0.774. The van der Waals surface area contributed by atoms with Crippen molar-refractivity contribution in [2.45, 2.75) is 39.2 Å². The van der Waals surface area contributed by atoms with Crippen LogP contribution in [-0.4, -0.2) is 25.8 Å². The van der Waals surface area contributed by atoms with Gasteiger partial charge in [0.2, 0.25) is 0 Å². The Hall–Kier alpha value is -0.570. The number of rotatable bonds is 8. The summed E-state index contributed by atoms with van der Waals surface area (Å²) in [6.45, 7) is 9.05. The topological polar surface area (TPSA) is 21.3 Å². The van der Waals surface area contributed by atoms with Crippen molar-refractivity contribution in [2.75, 3.05) is 19.7 Å². The molecule has 0 heterocycles. The molecule has 0 aliphatic rings. The smallest absolute Gasteiger partial charge is 0.0518 e. The van der Waals surface area contributed by atoms with Crippen LogP contribution in [0.2, 0.25) is 5.02 Å². The van der Waals surface area contributed by atoms with E-state index in [4.69, 9.17) is 16.3 Å². The Labute approximate surface area is 116 Å². The van der Waals surface area contributed by atoms with Crippen LogP contribution in [0, 0.1) is 0 Å². The third-order valence-electron chi connectivity index (χ3n) is 2.90. The molecule has 1 aromatic carbocycles. The van der Waals surface area contributed by atoms with Crippen molar-refractivity contribution >= 4 is 11.6 Å². The van der Waals surface area contributed by atoms with E-state index in [9.17, 15) is 0 Å². The van der Waals surface area contributed by atoms with Crippen molar-refractivity contribution in [3.8, 4) is 0 Å². The van der Waals surface area contributed by atoms with Gasteiger partial charge in [0.15, 0.2) is 0 Å². The molecule has 0 aliphatic heterocycles. The standard InChI is InChI=1S/C15H24ClNO/c1-4-17-11-14(9-10-18-12(2)3)13-5-7-15(16)8-6-13/h5-8,12,14,17H,4,9-11H2,1-3H3. The Kier molecular flexibility index (Phi) is 7.33. The van der Waals surface area contributed by atoms with Crippen LogP contribution in [0.15, 0.2) is 24.3 Å². The minimum absolute atomic E-state index is 0.301. The summed E-state index contributed by atoms with van der Waals surface area (Å²) in [5.41, 5.74) is 1.33. The number of hydrogen-bond donors (Lipinski definition) is 1. The Morgan fingerprint density at radius 1 is 1.22 bits per heavy atom. The summed E-state index contributed by atoms with van der Waals surface area (Å²) in [6, 6.07) is 8.14. The number of nitrogens with one attached hydrogen (secondary N) is 1. The van der Waals surface area contributed by atoms with Crippen LogP contribution in [0.3, 0.4) is 0 Å². The van der Waals surface area contributed by atoms with Gasteiger partial charge in [-0.15, -0.1) is 0 Å². The van der Waals surface area contributed by atoms with Gasteiger partial charge in [-0.3, -0.25) is 0 Å². The van der Waals surface area contributed by atoms with Gasteiger partial charge in [0.25, 0.3) is 0 Å². The van der Waals surface area contributed by atoms with Crippen LogP contribution in [0.4, 0.5) is 0 Å².